The SMILES string of the molecule is CNC(=O)c1cc2cc(OC)ccc2c(=O)n1C. The van der Waals surface area contributed by atoms with E-state index in [1.54, 1.807) is 38.4 Å². The number of carbonyl (C=O) groups is 1. The number of hydrogen-bond acceptors (Lipinski definition) is 3. The number of methoxy groups -OCH3 is 1. The average molecular weight is 246 g/mol. The van der Waals surface area contributed by atoms with Crippen molar-refractivity contribution in [3.05, 3.63) is 40.3 Å². The van der Waals surface area contributed by atoms with Crippen molar-refractivity contribution < 1.29 is 9.53 Å². The van der Waals surface area contributed by atoms with E-state index in [-0.39, 0.29) is 11.5 Å². The van der Waals surface area contributed by atoms with Crippen molar-refractivity contribution in [3.8, 4) is 5.75 Å². The quantitative estimate of drug-likeness (QED) is 0.856. The minimum Gasteiger partial charge on any atom is -0.497 e. The molecule has 18 heavy (non-hydrogen) atoms. The van der Waals surface area contributed by atoms with Gasteiger partial charge < -0.3 is 14.6 Å². The van der Waals surface area contributed by atoms with Gasteiger partial charge in [0.05, 0.1) is 7.11 Å². The summed E-state index contributed by atoms with van der Waals surface area (Å²) in [6.45, 7) is 0. The molecular weight excluding hydrogens is 232 g/mol. The van der Waals surface area contributed by atoms with E-state index in [1.807, 2.05) is 0 Å². The van der Waals surface area contributed by atoms with Crippen LogP contribution in [0.25, 0.3) is 10.8 Å². The molecule has 0 unspecified atom stereocenters. The predicted molar refractivity (Wildman–Crippen MR) is 69.1 cm³/mol. The van der Waals surface area contributed by atoms with Crippen molar-refractivity contribution in [2.45, 2.75) is 0 Å². The molecule has 0 saturated heterocycles. The maximum Gasteiger partial charge on any atom is 0.267 e. The Balaban J connectivity index is 2.80. The molecule has 1 aromatic heterocycles. The Kier molecular flexibility index (Phi) is 3.06. The Morgan fingerprint density at radius 1 is 1.33 bits per heavy atom. The molecule has 0 bridgehead atoms. The van der Waals surface area contributed by atoms with Gasteiger partial charge >= 0.3 is 0 Å². The van der Waals surface area contributed by atoms with Gasteiger partial charge in [0.2, 0.25) is 0 Å². The van der Waals surface area contributed by atoms with Crippen LogP contribution in [0.4, 0.5) is 0 Å². The van der Waals surface area contributed by atoms with Crippen molar-refractivity contribution in [2.24, 2.45) is 7.05 Å². The molecule has 0 radical (unpaired) electrons. The number of benzene rings is 1. The standard InChI is InChI=1S/C13H14N2O3/c1-14-12(16)11-7-8-6-9(18-3)4-5-10(8)13(17)15(11)2/h4-7H,1-3H3,(H,14,16). The lowest BCUT2D eigenvalue weighted by atomic mass is 10.1. The summed E-state index contributed by atoms with van der Waals surface area (Å²) in [5.41, 5.74) is 0.122. The van der Waals surface area contributed by atoms with E-state index < -0.39 is 0 Å². The molecule has 2 rings (SSSR count). The van der Waals surface area contributed by atoms with E-state index in [4.69, 9.17) is 4.74 Å². The monoisotopic (exact) mass is 246 g/mol. The van der Waals surface area contributed by atoms with Crippen LogP contribution in [0.1, 0.15) is 10.5 Å². The van der Waals surface area contributed by atoms with Gasteiger partial charge in [0.25, 0.3) is 11.5 Å². The molecule has 0 aliphatic carbocycles. The first-order chi connectivity index (χ1) is 8.58. The highest BCUT2D eigenvalue weighted by Crippen LogP contribution is 2.19. The van der Waals surface area contributed by atoms with Crippen LogP contribution in [-0.4, -0.2) is 24.6 Å². The van der Waals surface area contributed by atoms with Crippen molar-refractivity contribution in [1.29, 1.82) is 0 Å². The molecule has 0 fully saturated rings. The Labute approximate surface area is 104 Å². The fourth-order valence-corrected chi connectivity index (χ4v) is 1.86. The van der Waals surface area contributed by atoms with Gasteiger partial charge in [0.15, 0.2) is 0 Å². The van der Waals surface area contributed by atoms with Crippen molar-refractivity contribution >= 4 is 16.7 Å². The van der Waals surface area contributed by atoms with Crippen LogP contribution in [0, 0.1) is 0 Å². The fourth-order valence-electron chi connectivity index (χ4n) is 1.86. The lowest BCUT2D eigenvalue weighted by molar-refractivity contribution is 0.0954. The number of rotatable bonds is 2. The number of pyridine rings is 1. The van der Waals surface area contributed by atoms with Gasteiger partial charge in [0, 0.05) is 19.5 Å². The topological polar surface area (TPSA) is 60.3 Å². The third-order valence-electron chi connectivity index (χ3n) is 2.91. The smallest absolute Gasteiger partial charge is 0.267 e. The summed E-state index contributed by atoms with van der Waals surface area (Å²) < 4.78 is 6.45. The first kappa shape index (κ1) is 12.2. The van der Waals surface area contributed by atoms with Gasteiger partial charge in [-0.25, -0.2) is 0 Å². The molecule has 0 spiro atoms. The molecule has 0 aliphatic rings. The van der Waals surface area contributed by atoms with Crippen LogP contribution in [-0.2, 0) is 7.05 Å². The largest absolute Gasteiger partial charge is 0.497 e. The van der Waals surface area contributed by atoms with Crippen LogP contribution in [0.15, 0.2) is 29.1 Å². The summed E-state index contributed by atoms with van der Waals surface area (Å²) in [7, 11) is 4.67. The van der Waals surface area contributed by atoms with Gasteiger partial charge in [-0.1, -0.05) is 0 Å². The lowest BCUT2D eigenvalue weighted by Crippen LogP contribution is -2.28. The predicted octanol–water partition coefficient (Wildman–Crippen LogP) is 0.907. The van der Waals surface area contributed by atoms with E-state index in [2.05, 4.69) is 5.32 Å². The number of carbonyl (C=O) groups excluding carboxylic acids is 1. The van der Waals surface area contributed by atoms with E-state index in [0.717, 1.165) is 0 Å². The summed E-state index contributed by atoms with van der Waals surface area (Å²) >= 11 is 0. The Bertz CT molecular complexity index is 674. The van der Waals surface area contributed by atoms with Gasteiger partial charge in [-0.15, -0.1) is 0 Å². The summed E-state index contributed by atoms with van der Waals surface area (Å²) in [5.74, 6) is 0.359. The van der Waals surface area contributed by atoms with Crippen molar-refractivity contribution in [1.82, 2.24) is 9.88 Å². The molecular formula is C13H14N2O3. The number of nitrogens with one attached hydrogen (secondary N) is 1. The molecule has 5 heteroatoms. The first-order valence-corrected chi connectivity index (χ1v) is 5.48. The molecule has 94 valence electrons. The number of nitrogens with zero attached hydrogens (tertiary/aromatic N) is 1. The maximum atomic E-state index is 12.1. The second-order valence-corrected chi connectivity index (χ2v) is 3.93. The molecule has 0 saturated carbocycles. The van der Waals surface area contributed by atoms with Crippen molar-refractivity contribution in [3.63, 3.8) is 0 Å². The highest BCUT2D eigenvalue weighted by Gasteiger charge is 2.12. The zero-order valence-electron chi connectivity index (χ0n) is 10.5. The zero-order valence-corrected chi connectivity index (χ0v) is 10.5. The van der Waals surface area contributed by atoms with Crippen LogP contribution in [0.2, 0.25) is 0 Å². The zero-order chi connectivity index (χ0) is 13.3. The van der Waals surface area contributed by atoms with E-state index >= 15 is 0 Å². The maximum absolute atomic E-state index is 12.1. The highest BCUT2D eigenvalue weighted by atomic mass is 16.5. The summed E-state index contributed by atoms with van der Waals surface area (Å²) in [5, 5.41) is 3.76. The third-order valence-corrected chi connectivity index (χ3v) is 2.91. The molecule has 1 amide bonds. The lowest BCUT2D eigenvalue weighted by Gasteiger charge is -2.09. The number of hydrogen-bond donors (Lipinski definition) is 1. The van der Waals surface area contributed by atoms with Gasteiger partial charge in [0.1, 0.15) is 11.4 Å². The molecule has 0 atom stereocenters. The summed E-state index contributed by atoms with van der Waals surface area (Å²) in [6.07, 6.45) is 0. The molecule has 1 aromatic carbocycles. The molecule has 0 aliphatic heterocycles. The fraction of sp³-hybridized carbons (Fsp3) is 0.231. The first-order valence-electron chi connectivity index (χ1n) is 5.48. The summed E-state index contributed by atoms with van der Waals surface area (Å²) in [4.78, 5) is 23.8. The van der Waals surface area contributed by atoms with Crippen LogP contribution in [0.5, 0.6) is 5.75 Å². The van der Waals surface area contributed by atoms with Gasteiger partial charge in [-0.05, 0) is 29.7 Å². The highest BCUT2D eigenvalue weighted by molar-refractivity contribution is 5.96. The molecule has 1 N–H and O–H groups in total. The van der Waals surface area contributed by atoms with Crippen LogP contribution in [0.3, 0.4) is 0 Å². The van der Waals surface area contributed by atoms with Gasteiger partial charge in [-0.2, -0.15) is 0 Å². The van der Waals surface area contributed by atoms with Crippen LogP contribution < -0.4 is 15.6 Å². The minimum atomic E-state index is -0.292. The normalized spacial score (nSPS) is 10.4. The third kappa shape index (κ3) is 1.84. The Morgan fingerprint density at radius 3 is 2.67 bits per heavy atom. The van der Waals surface area contributed by atoms with Crippen LogP contribution >= 0.6 is 0 Å². The van der Waals surface area contributed by atoms with E-state index in [1.165, 1.54) is 11.6 Å². The second kappa shape index (κ2) is 4.52. The van der Waals surface area contributed by atoms with Crippen molar-refractivity contribution in [2.75, 3.05) is 14.2 Å². The number of aromatic nitrogens is 1. The molecule has 2 aromatic rings. The minimum absolute atomic E-state index is 0.200. The van der Waals surface area contributed by atoms with E-state index in [0.29, 0.717) is 22.2 Å². The molecule has 1 heterocycles. The Morgan fingerprint density at radius 2 is 2.06 bits per heavy atom. The average Bonchev–Trinajstić information content (AvgIpc) is 2.41. The number of amides is 1. The second-order valence-electron chi connectivity index (χ2n) is 3.93. The molecule has 5 nitrogen and oxygen atoms in total. The van der Waals surface area contributed by atoms with Gasteiger partial charge in [-0.3, -0.25) is 9.59 Å². The summed E-state index contributed by atoms with van der Waals surface area (Å²) in [6, 6.07) is 6.84. The van der Waals surface area contributed by atoms with E-state index in [9.17, 15) is 9.59 Å². The Hall–Kier alpha value is -2.30. The number of fused-ring (bicyclic) bond motifs is 1. The number of ether oxygens (including phenoxy) is 1.